The molecule has 0 bridgehead atoms. The summed E-state index contributed by atoms with van der Waals surface area (Å²) in [5, 5.41) is 25.6. The molecule has 3 atom stereocenters. The molecule has 0 saturated carbocycles. The van der Waals surface area contributed by atoms with E-state index in [9.17, 15) is 19.2 Å². The molecule has 1 aliphatic heterocycles. The van der Waals surface area contributed by atoms with E-state index in [0.717, 1.165) is 6.42 Å². The largest absolute Gasteiger partial charge is 0.481 e. The van der Waals surface area contributed by atoms with Gasteiger partial charge in [-0.15, -0.1) is 0 Å². The lowest BCUT2D eigenvalue weighted by atomic mass is 10.0. The number of hydrogen-bond acceptors (Lipinski definition) is 5. The van der Waals surface area contributed by atoms with Crippen molar-refractivity contribution >= 4 is 23.8 Å². The van der Waals surface area contributed by atoms with E-state index in [1.807, 2.05) is 0 Å². The number of rotatable bonds is 8. The second-order valence-corrected chi connectivity index (χ2v) is 5.88. The molecule has 23 heavy (non-hydrogen) atoms. The van der Waals surface area contributed by atoms with Crippen molar-refractivity contribution in [2.24, 2.45) is 5.92 Å². The smallest absolute Gasteiger partial charge is 0.326 e. The highest BCUT2D eigenvalue weighted by Gasteiger charge is 2.32. The van der Waals surface area contributed by atoms with E-state index in [2.05, 4.69) is 16.0 Å². The van der Waals surface area contributed by atoms with Crippen molar-refractivity contribution in [3.05, 3.63) is 0 Å². The maximum Gasteiger partial charge on any atom is 0.326 e. The Labute approximate surface area is 133 Å². The lowest BCUT2D eigenvalue weighted by Gasteiger charge is -2.23. The van der Waals surface area contributed by atoms with Crippen molar-refractivity contribution in [1.82, 2.24) is 16.0 Å². The van der Waals surface area contributed by atoms with Crippen LogP contribution in [0, 0.1) is 5.92 Å². The zero-order valence-corrected chi connectivity index (χ0v) is 13.2. The first-order valence-corrected chi connectivity index (χ1v) is 7.51. The van der Waals surface area contributed by atoms with Crippen LogP contribution in [0.1, 0.15) is 33.1 Å². The minimum absolute atomic E-state index is 0.380. The molecule has 0 aliphatic carbocycles. The van der Waals surface area contributed by atoms with Crippen molar-refractivity contribution in [2.75, 3.05) is 6.54 Å². The minimum atomic E-state index is -1.32. The summed E-state index contributed by atoms with van der Waals surface area (Å²) < 4.78 is 0. The number of carbonyl (C=O) groups is 4. The zero-order valence-electron chi connectivity index (χ0n) is 13.2. The Hall–Kier alpha value is -2.16. The van der Waals surface area contributed by atoms with Crippen LogP contribution in [-0.2, 0) is 19.2 Å². The van der Waals surface area contributed by atoms with Gasteiger partial charge in [0, 0.05) is 0 Å². The molecule has 1 saturated heterocycles. The first kappa shape index (κ1) is 18.9. The van der Waals surface area contributed by atoms with Crippen LogP contribution in [-0.4, -0.2) is 58.6 Å². The van der Waals surface area contributed by atoms with E-state index in [-0.39, 0.29) is 5.92 Å². The number of carbonyl (C=O) groups excluding carboxylic acids is 2. The Kier molecular flexibility index (Phi) is 6.95. The fourth-order valence-electron chi connectivity index (χ4n) is 2.33. The van der Waals surface area contributed by atoms with E-state index in [1.165, 1.54) is 0 Å². The van der Waals surface area contributed by atoms with Crippen LogP contribution in [0.4, 0.5) is 0 Å². The van der Waals surface area contributed by atoms with Crippen LogP contribution < -0.4 is 16.0 Å². The Morgan fingerprint density at radius 2 is 1.83 bits per heavy atom. The van der Waals surface area contributed by atoms with Gasteiger partial charge in [0.25, 0.3) is 0 Å². The third-order valence-corrected chi connectivity index (χ3v) is 3.62. The lowest BCUT2D eigenvalue weighted by Crippen LogP contribution is -2.55. The predicted molar refractivity (Wildman–Crippen MR) is 79.6 cm³/mol. The van der Waals surface area contributed by atoms with Crippen LogP contribution in [0.5, 0.6) is 0 Å². The fourth-order valence-corrected chi connectivity index (χ4v) is 2.33. The number of carboxylic acid groups (broad SMARTS) is 2. The Balaban J connectivity index is 2.75. The molecule has 0 aromatic carbocycles. The summed E-state index contributed by atoms with van der Waals surface area (Å²) in [6, 6.07) is -2.93. The molecule has 1 heterocycles. The summed E-state index contributed by atoms with van der Waals surface area (Å²) >= 11 is 0. The highest BCUT2D eigenvalue weighted by Crippen LogP contribution is 2.07. The summed E-state index contributed by atoms with van der Waals surface area (Å²) in [4.78, 5) is 46.2. The highest BCUT2D eigenvalue weighted by molar-refractivity contribution is 5.94. The van der Waals surface area contributed by atoms with E-state index in [4.69, 9.17) is 10.2 Å². The predicted octanol–water partition coefficient (Wildman–Crippen LogP) is -1.08. The molecule has 0 radical (unpaired) electrons. The molecule has 9 nitrogen and oxygen atoms in total. The molecule has 1 fully saturated rings. The third kappa shape index (κ3) is 5.85. The van der Waals surface area contributed by atoms with Gasteiger partial charge in [0.05, 0.1) is 12.5 Å². The Bertz CT molecular complexity index is 473. The van der Waals surface area contributed by atoms with Crippen LogP contribution in [0.15, 0.2) is 0 Å². The van der Waals surface area contributed by atoms with E-state index in [0.29, 0.717) is 13.0 Å². The van der Waals surface area contributed by atoms with Crippen LogP contribution in [0.3, 0.4) is 0 Å². The molecular weight excluding hydrogens is 306 g/mol. The Morgan fingerprint density at radius 3 is 2.26 bits per heavy atom. The van der Waals surface area contributed by atoms with Gasteiger partial charge in [-0.05, 0) is 25.3 Å². The number of nitrogens with one attached hydrogen (secondary N) is 3. The van der Waals surface area contributed by atoms with Crippen LogP contribution in [0.25, 0.3) is 0 Å². The monoisotopic (exact) mass is 329 g/mol. The van der Waals surface area contributed by atoms with Crippen molar-refractivity contribution in [3.63, 3.8) is 0 Å². The topological polar surface area (TPSA) is 145 Å². The number of amides is 2. The summed E-state index contributed by atoms with van der Waals surface area (Å²) in [6.07, 6.45) is 0.814. The molecule has 2 amide bonds. The molecular formula is C14H23N3O6. The third-order valence-electron chi connectivity index (χ3n) is 3.62. The summed E-state index contributed by atoms with van der Waals surface area (Å²) in [5.74, 6) is -4.14. The normalized spacial score (nSPS) is 19.9. The van der Waals surface area contributed by atoms with E-state index >= 15 is 0 Å². The number of hydrogen-bond donors (Lipinski definition) is 5. The molecule has 0 aromatic rings. The van der Waals surface area contributed by atoms with Gasteiger partial charge in [-0.3, -0.25) is 14.4 Å². The molecule has 130 valence electrons. The second kappa shape index (κ2) is 8.47. The first-order valence-electron chi connectivity index (χ1n) is 7.51. The molecule has 9 heteroatoms. The van der Waals surface area contributed by atoms with Gasteiger partial charge in [0.2, 0.25) is 11.8 Å². The molecule has 0 spiro atoms. The van der Waals surface area contributed by atoms with Crippen molar-refractivity contribution in [3.8, 4) is 0 Å². The highest BCUT2D eigenvalue weighted by atomic mass is 16.4. The van der Waals surface area contributed by atoms with Crippen molar-refractivity contribution < 1.29 is 29.4 Å². The zero-order chi connectivity index (χ0) is 17.6. The standard InChI is InChI=1S/C14H23N3O6/c1-7(2)11(14(22)23)17-13(21)9(6-10(18)19)16-12(20)8-4-3-5-15-8/h7-9,11,15H,3-6H2,1-2H3,(H,16,20)(H,17,21)(H,18,19)(H,22,23). The molecule has 1 aliphatic rings. The summed E-state index contributed by atoms with van der Waals surface area (Å²) in [6.45, 7) is 3.92. The van der Waals surface area contributed by atoms with E-state index < -0.39 is 48.3 Å². The molecule has 3 unspecified atom stereocenters. The van der Waals surface area contributed by atoms with Gasteiger partial charge in [-0.2, -0.15) is 0 Å². The number of aliphatic carboxylic acids is 2. The quantitative estimate of drug-likeness (QED) is 0.381. The molecule has 0 aromatic heterocycles. The average Bonchev–Trinajstić information content (AvgIpc) is 2.96. The summed E-state index contributed by atoms with van der Waals surface area (Å²) in [5.41, 5.74) is 0. The molecule has 1 rings (SSSR count). The van der Waals surface area contributed by atoms with Crippen LogP contribution >= 0.6 is 0 Å². The van der Waals surface area contributed by atoms with E-state index in [1.54, 1.807) is 13.8 Å². The van der Waals surface area contributed by atoms with Gasteiger partial charge in [0.15, 0.2) is 0 Å². The lowest BCUT2D eigenvalue weighted by molar-refractivity contribution is -0.144. The SMILES string of the molecule is CC(C)C(NC(=O)C(CC(=O)O)NC(=O)C1CCCN1)C(=O)O. The average molecular weight is 329 g/mol. The second-order valence-electron chi connectivity index (χ2n) is 5.88. The van der Waals surface area contributed by atoms with Gasteiger partial charge >= 0.3 is 11.9 Å². The Morgan fingerprint density at radius 1 is 1.17 bits per heavy atom. The van der Waals surface area contributed by atoms with Gasteiger partial charge in [-0.1, -0.05) is 13.8 Å². The maximum atomic E-state index is 12.2. The van der Waals surface area contributed by atoms with Crippen LogP contribution in [0.2, 0.25) is 0 Å². The van der Waals surface area contributed by atoms with Crippen molar-refractivity contribution in [2.45, 2.75) is 51.2 Å². The number of carboxylic acids is 2. The summed E-state index contributed by atoms with van der Waals surface area (Å²) in [7, 11) is 0. The maximum absolute atomic E-state index is 12.2. The van der Waals surface area contributed by atoms with Gasteiger partial charge in [-0.25, -0.2) is 4.79 Å². The minimum Gasteiger partial charge on any atom is -0.481 e. The fraction of sp³-hybridized carbons (Fsp3) is 0.714. The molecule has 5 N–H and O–H groups in total. The van der Waals surface area contributed by atoms with Gasteiger partial charge < -0.3 is 26.2 Å². The van der Waals surface area contributed by atoms with Crippen molar-refractivity contribution in [1.29, 1.82) is 0 Å². The van der Waals surface area contributed by atoms with Gasteiger partial charge in [0.1, 0.15) is 12.1 Å². The first-order chi connectivity index (χ1) is 10.7.